The number of hydrogen-bond donors (Lipinski definition) is 2. The number of amides is 1. The van der Waals surface area contributed by atoms with Crippen LogP contribution in [-0.2, 0) is 4.79 Å². The third kappa shape index (κ3) is 7.81. The molecular weight excluding hydrogens is 296 g/mol. The van der Waals surface area contributed by atoms with E-state index in [9.17, 15) is 4.79 Å². The summed E-state index contributed by atoms with van der Waals surface area (Å²) in [5.74, 6) is -0.322. The molecule has 1 aromatic rings. The van der Waals surface area contributed by atoms with Gasteiger partial charge in [-0.3, -0.25) is 4.79 Å². The quantitative estimate of drug-likeness (QED) is 0.718. The summed E-state index contributed by atoms with van der Waals surface area (Å²) in [4.78, 5) is 11.2. The van der Waals surface area contributed by atoms with Crippen LogP contribution in [0.25, 0.3) is 6.08 Å². The number of rotatable bonds is 8. The highest BCUT2D eigenvalue weighted by Crippen LogP contribution is 2.17. The average molecular weight is 319 g/mol. The fourth-order valence-corrected chi connectivity index (χ4v) is 2.05. The topological polar surface area (TPSA) is 55.1 Å². The first-order valence-corrected chi connectivity index (χ1v) is 7.60. The van der Waals surface area contributed by atoms with Gasteiger partial charge in [0.05, 0.1) is 0 Å². The van der Waals surface area contributed by atoms with Gasteiger partial charge in [-0.25, -0.2) is 0 Å². The maximum Gasteiger partial charge on any atom is 0.221 e. The molecule has 1 aromatic carbocycles. The number of carbonyl (C=O) groups excluding carboxylic acids is 1. The lowest BCUT2D eigenvalue weighted by Crippen LogP contribution is -2.11. The zero-order valence-electron chi connectivity index (χ0n) is 13.1. The molecule has 0 bridgehead atoms. The van der Waals surface area contributed by atoms with E-state index in [1.54, 1.807) is 0 Å². The molecule has 0 aliphatic carbocycles. The number of nitrogens with two attached hydrogens (primary N) is 1. The second kappa shape index (κ2) is 9.98. The molecule has 4 heteroatoms. The van der Waals surface area contributed by atoms with E-state index in [1.165, 1.54) is 0 Å². The maximum atomic E-state index is 11.2. The lowest BCUT2D eigenvalue weighted by molar-refractivity contribution is -0.117. The summed E-state index contributed by atoms with van der Waals surface area (Å²) in [6.45, 7) is 2.87. The summed E-state index contributed by atoms with van der Waals surface area (Å²) >= 11 is 5.88. The molecular formula is C18H23ClN2O. The van der Waals surface area contributed by atoms with Crippen LogP contribution in [0.1, 0.15) is 25.3 Å². The van der Waals surface area contributed by atoms with Crippen molar-refractivity contribution in [3.05, 3.63) is 64.2 Å². The van der Waals surface area contributed by atoms with Crippen molar-refractivity contribution in [3.63, 3.8) is 0 Å². The summed E-state index contributed by atoms with van der Waals surface area (Å²) in [7, 11) is 1.91. The van der Waals surface area contributed by atoms with Crippen LogP contribution in [0, 0.1) is 0 Å². The highest BCUT2D eigenvalue weighted by atomic mass is 35.5. The summed E-state index contributed by atoms with van der Waals surface area (Å²) < 4.78 is 0. The molecule has 3 N–H and O–H groups in total. The lowest BCUT2D eigenvalue weighted by atomic mass is 10.0. The fourth-order valence-electron chi connectivity index (χ4n) is 1.92. The van der Waals surface area contributed by atoms with Gasteiger partial charge in [-0.15, -0.1) is 0 Å². The molecule has 22 heavy (non-hydrogen) atoms. The first-order valence-electron chi connectivity index (χ1n) is 7.22. The van der Waals surface area contributed by atoms with Crippen molar-refractivity contribution in [1.82, 2.24) is 5.32 Å². The van der Waals surface area contributed by atoms with E-state index < -0.39 is 0 Å². The summed E-state index contributed by atoms with van der Waals surface area (Å²) in [6.07, 6.45) is 9.15. The van der Waals surface area contributed by atoms with Crippen LogP contribution in [-0.4, -0.2) is 19.5 Å². The Morgan fingerprint density at radius 3 is 2.59 bits per heavy atom. The van der Waals surface area contributed by atoms with Crippen molar-refractivity contribution in [2.24, 2.45) is 5.73 Å². The van der Waals surface area contributed by atoms with Crippen LogP contribution in [0.3, 0.4) is 0 Å². The van der Waals surface area contributed by atoms with Crippen molar-refractivity contribution in [1.29, 1.82) is 0 Å². The van der Waals surface area contributed by atoms with Crippen LogP contribution in [0.2, 0.25) is 5.02 Å². The largest absolute Gasteiger partial charge is 0.369 e. The molecule has 0 aromatic heterocycles. The van der Waals surface area contributed by atoms with Crippen molar-refractivity contribution < 1.29 is 4.79 Å². The standard InChI is InChI=1S/C18H23ClN2O/c1-14(4-3-11-21-2)5-6-16(13-18(20)22)12-15-7-9-17(19)10-8-15/h3-5,7-10,12,21H,6,11,13H2,1-2H3,(H2,20,22)/b4-3-,14-5-,16-12+. The predicted molar refractivity (Wildman–Crippen MR) is 94.7 cm³/mol. The van der Waals surface area contributed by atoms with E-state index in [4.69, 9.17) is 17.3 Å². The van der Waals surface area contributed by atoms with Crippen molar-refractivity contribution in [3.8, 4) is 0 Å². The summed E-state index contributed by atoms with van der Waals surface area (Å²) in [5, 5.41) is 3.75. The molecule has 0 aliphatic heterocycles. The molecule has 1 amide bonds. The van der Waals surface area contributed by atoms with Crippen molar-refractivity contribution in [2.75, 3.05) is 13.6 Å². The zero-order chi connectivity index (χ0) is 16.4. The maximum absolute atomic E-state index is 11.2. The molecule has 0 atom stereocenters. The van der Waals surface area contributed by atoms with E-state index in [0.717, 1.165) is 23.3 Å². The van der Waals surface area contributed by atoms with E-state index >= 15 is 0 Å². The minimum absolute atomic E-state index is 0.257. The average Bonchev–Trinajstić information content (AvgIpc) is 2.47. The van der Waals surface area contributed by atoms with Gasteiger partial charge < -0.3 is 11.1 Å². The van der Waals surface area contributed by atoms with Crippen molar-refractivity contribution >= 4 is 23.6 Å². The predicted octanol–water partition coefficient (Wildman–Crippen LogP) is 3.71. The Kier molecular flexibility index (Phi) is 8.26. The van der Waals surface area contributed by atoms with Crippen LogP contribution >= 0.6 is 11.6 Å². The van der Waals surface area contributed by atoms with Gasteiger partial charge in [0, 0.05) is 18.0 Å². The minimum Gasteiger partial charge on any atom is -0.369 e. The van der Waals surface area contributed by atoms with Gasteiger partial charge in [0.25, 0.3) is 0 Å². The highest BCUT2D eigenvalue weighted by Gasteiger charge is 2.02. The number of nitrogens with one attached hydrogen (secondary N) is 1. The van der Waals surface area contributed by atoms with E-state index in [1.807, 2.05) is 44.3 Å². The molecule has 0 fully saturated rings. The SMILES string of the molecule is CNC/C=C\C(C)=C/C/C(=C\c1ccc(Cl)cc1)CC(N)=O. The first-order chi connectivity index (χ1) is 10.5. The number of benzene rings is 1. The van der Waals surface area contributed by atoms with Crippen LogP contribution in [0.4, 0.5) is 0 Å². The van der Waals surface area contributed by atoms with Gasteiger partial charge in [-0.2, -0.15) is 0 Å². The monoisotopic (exact) mass is 318 g/mol. The second-order valence-corrected chi connectivity index (χ2v) is 5.55. The zero-order valence-corrected chi connectivity index (χ0v) is 13.9. The molecule has 0 saturated carbocycles. The van der Waals surface area contributed by atoms with Crippen LogP contribution in [0.5, 0.6) is 0 Å². The van der Waals surface area contributed by atoms with E-state index in [2.05, 4.69) is 23.5 Å². The Hall–Kier alpha value is -1.84. The molecule has 3 nitrogen and oxygen atoms in total. The number of carbonyl (C=O) groups is 1. The highest BCUT2D eigenvalue weighted by molar-refractivity contribution is 6.30. The molecule has 0 heterocycles. The third-order valence-corrected chi connectivity index (χ3v) is 3.28. The van der Waals surface area contributed by atoms with Crippen LogP contribution < -0.4 is 11.1 Å². The molecule has 0 spiro atoms. The van der Waals surface area contributed by atoms with E-state index in [-0.39, 0.29) is 12.3 Å². The number of primary amides is 1. The molecule has 0 aliphatic rings. The fraction of sp³-hybridized carbons (Fsp3) is 0.278. The number of halogens is 1. The summed E-state index contributed by atoms with van der Waals surface area (Å²) in [5.41, 5.74) is 8.48. The Morgan fingerprint density at radius 1 is 1.32 bits per heavy atom. The first kappa shape index (κ1) is 18.2. The Bertz CT molecular complexity index is 571. The van der Waals surface area contributed by atoms with Gasteiger partial charge in [0.15, 0.2) is 0 Å². The van der Waals surface area contributed by atoms with Gasteiger partial charge >= 0.3 is 0 Å². The minimum atomic E-state index is -0.322. The van der Waals surface area contributed by atoms with Gasteiger partial charge in [-0.1, -0.05) is 59.2 Å². The number of hydrogen-bond acceptors (Lipinski definition) is 2. The normalized spacial score (nSPS) is 12.9. The lowest BCUT2D eigenvalue weighted by Gasteiger charge is -2.04. The molecule has 0 saturated heterocycles. The Balaban J connectivity index is 2.82. The molecule has 1 rings (SSSR count). The van der Waals surface area contributed by atoms with Gasteiger partial charge in [-0.05, 0) is 38.1 Å². The molecule has 0 unspecified atom stereocenters. The summed E-state index contributed by atoms with van der Waals surface area (Å²) in [6, 6.07) is 7.51. The van der Waals surface area contributed by atoms with Gasteiger partial charge in [0.2, 0.25) is 5.91 Å². The second-order valence-electron chi connectivity index (χ2n) is 5.11. The number of likely N-dealkylation sites (N-methyl/N-ethyl adjacent to an activating group) is 1. The third-order valence-electron chi connectivity index (χ3n) is 3.03. The van der Waals surface area contributed by atoms with E-state index in [0.29, 0.717) is 11.4 Å². The Morgan fingerprint density at radius 2 is 2.00 bits per heavy atom. The smallest absolute Gasteiger partial charge is 0.221 e. The molecule has 118 valence electrons. The molecule has 0 radical (unpaired) electrons. The Labute approximate surface area is 137 Å². The van der Waals surface area contributed by atoms with Crippen LogP contribution in [0.15, 0.2) is 53.6 Å². The van der Waals surface area contributed by atoms with Crippen molar-refractivity contribution in [2.45, 2.75) is 19.8 Å². The number of allylic oxidation sites excluding steroid dienone is 3. The van der Waals surface area contributed by atoms with Gasteiger partial charge in [0.1, 0.15) is 0 Å².